The zero-order valence-electron chi connectivity index (χ0n) is 9.80. The van der Waals surface area contributed by atoms with Crippen LogP contribution in [0.3, 0.4) is 0 Å². The molecular formula is C12H16F3NO. The Kier molecular flexibility index (Phi) is 3.84. The maximum atomic E-state index is 12.4. The van der Waals surface area contributed by atoms with Crippen LogP contribution in [0.15, 0.2) is 18.2 Å². The van der Waals surface area contributed by atoms with Crippen molar-refractivity contribution in [2.75, 3.05) is 6.61 Å². The van der Waals surface area contributed by atoms with Crippen molar-refractivity contribution in [2.45, 2.75) is 32.0 Å². The van der Waals surface area contributed by atoms with Gasteiger partial charge in [-0.1, -0.05) is 6.07 Å². The molecule has 2 nitrogen and oxygen atoms in total. The van der Waals surface area contributed by atoms with Crippen molar-refractivity contribution in [3.8, 4) is 0 Å². The summed E-state index contributed by atoms with van der Waals surface area (Å²) in [7, 11) is 0. The van der Waals surface area contributed by atoms with Gasteiger partial charge in [-0.05, 0) is 43.5 Å². The molecule has 0 spiro atoms. The first-order valence-electron chi connectivity index (χ1n) is 5.22. The van der Waals surface area contributed by atoms with E-state index >= 15 is 0 Å². The first kappa shape index (κ1) is 14.0. The lowest BCUT2D eigenvalue weighted by Crippen LogP contribution is -2.42. The molecule has 17 heavy (non-hydrogen) atoms. The fraction of sp³-hybridized carbons (Fsp3) is 0.500. The summed E-state index contributed by atoms with van der Waals surface area (Å²) in [6.45, 7) is 3.05. The zero-order valence-corrected chi connectivity index (χ0v) is 9.80. The number of halogens is 3. The highest BCUT2D eigenvalue weighted by molar-refractivity contribution is 5.33. The van der Waals surface area contributed by atoms with Crippen LogP contribution in [0.2, 0.25) is 0 Å². The molecule has 0 radical (unpaired) electrons. The largest absolute Gasteiger partial charge is 0.416 e. The van der Waals surface area contributed by atoms with E-state index in [0.717, 1.165) is 17.7 Å². The number of benzene rings is 1. The Labute approximate surface area is 98.3 Å². The van der Waals surface area contributed by atoms with Crippen LogP contribution in [-0.2, 0) is 12.6 Å². The van der Waals surface area contributed by atoms with E-state index in [-0.39, 0.29) is 6.61 Å². The number of hydrogen-bond donors (Lipinski definition) is 2. The quantitative estimate of drug-likeness (QED) is 0.860. The topological polar surface area (TPSA) is 46.2 Å². The molecule has 0 saturated carbocycles. The van der Waals surface area contributed by atoms with Gasteiger partial charge in [0.1, 0.15) is 0 Å². The van der Waals surface area contributed by atoms with Crippen molar-refractivity contribution in [1.82, 2.24) is 0 Å². The first-order chi connectivity index (χ1) is 7.65. The second kappa shape index (κ2) is 4.66. The Balaban J connectivity index is 2.99. The number of alkyl halides is 3. The van der Waals surface area contributed by atoms with Gasteiger partial charge in [0.25, 0.3) is 0 Å². The van der Waals surface area contributed by atoms with Crippen LogP contribution in [0, 0.1) is 6.92 Å². The summed E-state index contributed by atoms with van der Waals surface area (Å²) in [5.74, 6) is 0. The molecule has 0 fully saturated rings. The molecule has 0 aliphatic carbocycles. The Hall–Kier alpha value is -1.07. The minimum Gasteiger partial charge on any atom is -0.394 e. The van der Waals surface area contributed by atoms with E-state index in [1.165, 1.54) is 6.07 Å². The van der Waals surface area contributed by atoms with Gasteiger partial charge >= 0.3 is 6.18 Å². The number of nitrogens with two attached hydrogens (primary N) is 1. The fourth-order valence-corrected chi connectivity index (χ4v) is 1.56. The molecule has 0 amide bonds. The van der Waals surface area contributed by atoms with Crippen LogP contribution in [-0.4, -0.2) is 17.3 Å². The molecule has 0 aliphatic heterocycles. The van der Waals surface area contributed by atoms with Crippen LogP contribution < -0.4 is 5.73 Å². The lowest BCUT2D eigenvalue weighted by molar-refractivity contribution is -0.137. The van der Waals surface area contributed by atoms with Crippen LogP contribution in [0.5, 0.6) is 0 Å². The summed E-state index contributed by atoms with van der Waals surface area (Å²) in [6.07, 6.45) is -3.99. The number of rotatable bonds is 3. The molecule has 1 aromatic carbocycles. The minimum atomic E-state index is -4.33. The van der Waals surface area contributed by atoms with Gasteiger partial charge in [-0.15, -0.1) is 0 Å². The van der Waals surface area contributed by atoms with Gasteiger partial charge in [0.15, 0.2) is 0 Å². The summed E-state index contributed by atoms with van der Waals surface area (Å²) in [4.78, 5) is 0. The highest BCUT2D eigenvalue weighted by Crippen LogP contribution is 2.30. The second-order valence-corrected chi connectivity index (χ2v) is 4.63. The van der Waals surface area contributed by atoms with Gasteiger partial charge in [0, 0.05) is 5.54 Å². The molecule has 1 atom stereocenters. The van der Waals surface area contributed by atoms with E-state index in [1.807, 2.05) is 0 Å². The molecule has 0 aromatic heterocycles. The van der Waals surface area contributed by atoms with Gasteiger partial charge in [-0.25, -0.2) is 0 Å². The molecule has 0 heterocycles. The maximum Gasteiger partial charge on any atom is 0.416 e. The highest BCUT2D eigenvalue weighted by Gasteiger charge is 2.31. The minimum absolute atomic E-state index is 0.215. The second-order valence-electron chi connectivity index (χ2n) is 4.63. The monoisotopic (exact) mass is 247 g/mol. The Morgan fingerprint density at radius 2 is 1.88 bits per heavy atom. The van der Waals surface area contributed by atoms with E-state index in [0.29, 0.717) is 12.0 Å². The molecule has 0 saturated heterocycles. The summed E-state index contributed by atoms with van der Waals surface area (Å²) in [5.41, 5.74) is 5.54. The van der Waals surface area contributed by atoms with E-state index in [1.54, 1.807) is 13.8 Å². The molecule has 1 aromatic rings. The van der Waals surface area contributed by atoms with Gasteiger partial charge in [0.2, 0.25) is 0 Å². The molecular weight excluding hydrogens is 231 g/mol. The zero-order chi connectivity index (χ0) is 13.3. The third kappa shape index (κ3) is 3.71. The van der Waals surface area contributed by atoms with E-state index in [9.17, 15) is 13.2 Å². The molecule has 96 valence electrons. The predicted octanol–water partition coefficient (Wildman–Crippen LogP) is 2.27. The molecule has 3 N–H and O–H groups in total. The van der Waals surface area contributed by atoms with Crippen molar-refractivity contribution < 1.29 is 18.3 Å². The Morgan fingerprint density at radius 3 is 2.29 bits per heavy atom. The van der Waals surface area contributed by atoms with Crippen molar-refractivity contribution in [3.05, 3.63) is 34.9 Å². The Bertz CT molecular complexity index is 399. The molecule has 0 bridgehead atoms. The van der Waals surface area contributed by atoms with Crippen molar-refractivity contribution >= 4 is 0 Å². The number of hydrogen-bond acceptors (Lipinski definition) is 2. The van der Waals surface area contributed by atoms with E-state index < -0.39 is 17.3 Å². The average Bonchev–Trinajstić information content (AvgIpc) is 2.19. The fourth-order valence-electron chi connectivity index (χ4n) is 1.56. The van der Waals surface area contributed by atoms with Crippen LogP contribution in [0.25, 0.3) is 0 Å². The van der Waals surface area contributed by atoms with E-state index in [2.05, 4.69) is 0 Å². The lowest BCUT2D eigenvalue weighted by Gasteiger charge is -2.23. The van der Waals surface area contributed by atoms with Crippen molar-refractivity contribution in [1.29, 1.82) is 0 Å². The van der Waals surface area contributed by atoms with Crippen molar-refractivity contribution in [3.63, 3.8) is 0 Å². The van der Waals surface area contributed by atoms with Gasteiger partial charge < -0.3 is 10.8 Å². The van der Waals surface area contributed by atoms with Gasteiger partial charge in [-0.2, -0.15) is 13.2 Å². The van der Waals surface area contributed by atoms with Gasteiger partial charge in [0.05, 0.1) is 12.2 Å². The molecule has 1 rings (SSSR count). The third-order valence-corrected chi connectivity index (χ3v) is 2.63. The number of aryl methyl sites for hydroxylation is 1. The molecule has 0 aliphatic rings. The first-order valence-corrected chi connectivity index (χ1v) is 5.22. The third-order valence-electron chi connectivity index (χ3n) is 2.63. The summed E-state index contributed by atoms with van der Waals surface area (Å²) < 4.78 is 37.3. The normalized spacial score (nSPS) is 15.7. The smallest absolute Gasteiger partial charge is 0.394 e. The SMILES string of the molecule is Cc1cc(C(F)(F)F)ccc1CC(C)(N)CO. The summed E-state index contributed by atoms with van der Waals surface area (Å²) in [6, 6.07) is 3.55. The lowest BCUT2D eigenvalue weighted by atomic mass is 9.91. The van der Waals surface area contributed by atoms with Crippen LogP contribution in [0.4, 0.5) is 13.2 Å². The van der Waals surface area contributed by atoms with Crippen molar-refractivity contribution in [2.24, 2.45) is 5.73 Å². The van der Waals surface area contributed by atoms with Gasteiger partial charge in [-0.3, -0.25) is 0 Å². The predicted molar refractivity (Wildman–Crippen MR) is 59.6 cm³/mol. The summed E-state index contributed by atoms with van der Waals surface area (Å²) in [5, 5.41) is 9.03. The maximum absolute atomic E-state index is 12.4. The molecule has 1 unspecified atom stereocenters. The average molecular weight is 247 g/mol. The standard InChI is InChI=1S/C12H16F3NO/c1-8-5-10(12(13,14)15)4-3-9(8)6-11(2,16)7-17/h3-5,17H,6-7,16H2,1-2H3. The highest BCUT2D eigenvalue weighted by atomic mass is 19.4. The Morgan fingerprint density at radius 1 is 1.29 bits per heavy atom. The number of aliphatic hydroxyl groups is 1. The summed E-state index contributed by atoms with van der Waals surface area (Å²) >= 11 is 0. The molecule has 5 heteroatoms. The number of aliphatic hydroxyl groups excluding tert-OH is 1. The van der Waals surface area contributed by atoms with E-state index in [4.69, 9.17) is 10.8 Å². The van der Waals surface area contributed by atoms with Crippen LogP contribution in [0.1, 0.15) is 23.6 Å². The van der Waals surface area contributed by atoms with Crippen LogP contribution >= 0.6 is 0 Å².